The van der Waals surface area contributed by atoms with Gasteiger partial charge < -0.3 is 19.5 Å². The van der Waals surface area contributed by atoms with Crippen LogP contribution in [0.2, 0.25) is 0 Å². The third-order valence-corrected chi connectivity index (χ3v) is 5.81. The molecular formula is C27H30N2O4. The van der Waals surface area contributed by atoms with Gasteiger partial charge in [0, 0.05) is 25.6 Å². The van der Waals surface area contributed by atoms with E-state index in [-0.39, 0.29) is 5.91 Å². The topological polar surface area (TPSA) is 69.7 Å². The highest BCUT2D eigenvalue weighted by atomic mass is 16.5. The van der Waals surface area contributed by atoms with Gasteiger partial charge >= 0.3 is 0 Å². The number of nitrogens with one attached hydrogen (secondary N) is 1. The summed E-state index contributed by atoms with van der Waals surface area (Å²) in [6.07, 6.45) is 4.58. The average molecular weight is 447 g/mol. The minimum Gasteiger partial charge on any atom is -0.497 e. The van der Waals surface area contributed by atoms with Crippen LogP contribution < -0.4 is 10.1 Å². The minimum absolute atomic E-state index is 0.0487. The lowest BCUT2D eigenvalue weighted by Gasteiger charge is -2.13. The molecule has 0 bridgehead atoms. The number of carbonyl (C=O) groups excluding carboxylic acids is 1. The summed E-state index contributed by atoms with van der Waals surface area (Å²) in [4.78, 5) is 18.2. The standard InChI is InChI=1S/C27H30N2O4/c1-31-16-17-33-15-5-14-28-27(30)25-22-6-3-4-7-24(22)29-26-20(10-13-23(25)26)18-19-8-11-21(32-2)12-9-19/h3-4,6-9,11-12,18H,5,10,13-17H2,1-2H3,(H,28,30)/b20-18+. The normalized spacial score (nSPS) is 13.9. The second kappa shape index (κ2) is 11.1. The molecule has 1 aliphatic carbocycles. The van der Waals surface area contributed by atoms with Gasteiger partial charge in [-0.1, -0.05) is 30.3 Å². The molecule has 0 atom stereocenters. The van der Waals surface area contributed by atoms with Gasteiger partial charge in [-0.05, 0) is 60.2 Å². The van der Waals surface area contributed by atoms with Crippen molar-refractivity contribution < 1.29 is 19.0 Å². The highest BCUT2D eigenvalue weighted by molar-refractivity contribution is 6.09. The Hall–Kier alpha value is -3.22. The molecule has 2 aromatic carbocycles. The Morgan fingerprint density at radius 1 is 1.03 bits per heavy atom. The summed E-state index contributed by atoms with van der Waals surface area (Å²) >= 11 is 0. The Morgan fingerprint density at radius 2 is 1.85 bits per heavy atom. The smallest absolute Gasteiger partial charge is 0.252 e. The van der Waals surface area contributed by atoms with Crippen molar-refractivity contribution in [2.24, 2.45) is 0 Å². The van der Waals surface area contributed by atoms with Gasteiger partial charge in [0.15, 0.2) is 0 Å². The molecule has 0 spiro atoms. The average Bonchev–Trinajstić information content (AvgIpc) is 3.24. The van der Waals surface area contributed by atoms with E-state index in [9.17, 15) is 4.79 Å². The molecule has 0 unspecified atom stereocenters. The van der Waals surface area contributed by atoms with E-state index in [0.717, 1.165) is 63.9 Å². The summed E-state index contributed by atoms with van der Waals surface area (Å²) in [5, 5.41) is 3.98. The lowest BCUT2D eigenvalue weighted by molar-refractivity contribution is 0.0688. The van der Waals surface area contributed by atoms with Crippen LogP contribution in [-0.4, -0.2) is 51.5 Å². The maximum Gasteiger partial charge on any atom is 0.252 e. The first-order valence-corrected chi connectivity index (χ1v) is 11.3. The fraction of sp³-hybridized carbons (Fsp3) is 0.333. The largest absolute Gasteiger partial charge is 0.497 e. The molecule has 6 heteroatoms. The van der Waals surface area contributed by atoms with Crippen LogP contribution in [0, 0.1) is 0 Å². The van der Waals surface area contributed by atoms with Crippen LogP contribution >= 0.6 is 0 Å². The lowest BCUT2D eigenvalue weighted by Crippen LogP contribution is -2.27. The Balaban J connectivity index is 1.57. The molecule has 0 fully saturated rings. The predicted octanol–water partition coefficient (Wildman–Crippen LogP) is 4.51. The molecular weight excluding hydrogens is 416 g/mol. The van der Waals surface area contributed by atoms with E-state index in [1.54, 1.807) is 14.2 Å². The summed E-state index contributed by atoms with van der Waals surface area (Å²) < 4.78 is 15.7. The summed E-state index contributed by atoms with van der Waals surface area (Å²) in [6.45, 7) is 2.30. The van der Waals surface area contributed by atoms with Crippen molar-refractivity contribution in [2.75, 3.05) is 40.6 Å². The molecule has 0 saturated carbocycles. The molecule has 33 heavy (non-hydrogen) atoms. The van der Waals surface area contributed by atoms with Crippen molar-refractivity contribution in [3.05, 3.63) is 70.9 Å². The number of ether oxygens (including phenoxy) is 3. The molecule has 0 radical (unpaired) electrons. The zero-order valence-corrected chi connectivity index (χ0v) is 19.2. The Kier molecular flexibility index (Phi) is 7.70. The van der Waals surface area contributed by atoms with E-state index in [2.05, 4.69) is 11.4 Å². The second-order valence-corrected chi connectivity index (χ2v) is 7.99. The second-order valence-electron chi connectivity index (χ2n) is 7.99. The summed E-state index contributed by atoms with van der Waals surface area (Å²) in [7, 11) is 3.31. The van der Waals surface area contributed by atoms with Crippen LogP contribution in [-0.2, 0) is 15.9 Å². The predicted molar refractivity (Wildman–Crippen MR) is 131 cm³/mol. The minimum atomic E-state index is -0.0487. The van der Waals surface area contributed by atoms with Gasteiger partial charge in [0.05, 0.1) is 37.1 Å². The first-order chi connectivity index (χ1) is 16.2. The number of rotatable bonds is 10. The number of methoxy groups -OCH3 is 2. The molecule has 1 N–H and O–H groups in total. The SMILES string of the molecule is COCCOCCCNC(=O)c1c2c(nc3ccccc13)/C(=C/c1ccc(OC)cc1)CC2. The molecule has 0 aliphatic heterocycles. The van der Waals surface area contributed by atoms with E-state index < -0.39 is 0 Å². The van der Waals surface area contributed by atoms with E-state index in [1.807, 2.05) is 48.5 Å². The summed E-state index contributed by atoms with van der Waals surface area (Å²) in [6, 6.07) is 15.8. The number of hydrogen-bond acceptors (Lipinski definition) is 5. The highest BCUT2D eigenvalue weighted by Gasteiger charge is 2.26. The Morgan fingerprint density at radius 3 is 2.64 bits per heavy atom. The molecule has 0 saturated heterocycles. The van der Waals surface area contributed by atoms with E-state index in [0.29, 0.717) is 26.4 Å². The first kappa shape index (κ1) is 23.0. The third kappa shape index (κ3) is 5.41. The lowest BCUT2D eigenvalue weighted by atomic mass is 10.00. The van der Waals surface area contributed by atoms with E-state index >= 15 is 0 Å². The van der Waals surface area contributed by atoms with Gasteiger partial charge in [-0.2, -0.15) is 0 Å². The number of para-hydroxylation sites is 1. The van der Waals surface area contributed by atoms with E-state index in [1.165, 1.54) is 0 Å². The molecule has 3 aromatic rings. The molecule has 1 aliphatic rings. The summed E-state index contributed by atoms with van der Waals surface area (Å²) in [5.74, 6) is 0.781. The van der Waals surface area contributed by atoms with E-state index in [4.69, 9.17) is 19.2 Å². The molecule has 1 aromatic heterocycles. The van der Waals surface area contributed by atoms with Gasteiger partial charge in [-0.25, -0.2) is 4.98 Å². The van der Waals surface area contributed by atoms with Gasteiger partial charge in [0.1, 0.15) is 5.75 Å². The van der Waals surface area contributed by atoms with Crippen molar-refractivity contribution in [1.82, 2.24) is 10.3 Å². The molecule has 1 heterocycles. The maximum absolute atomic E-state index is 13.3. The number of benzene rings is 2. The fourth-order valence-corrected chi connectivity index (χ4v) is 4.15. The number of pyridine rings is 1. The number of allylic oxidation sites excluding steroid dienone is 1. The van der Waals surface area contributed by atoms with Crippen LogP contribution in [0.25, 0.3) is 22.6 Å². The number of aromatic nitrogens is 1. The fourth-order valence-electron chi connectivity index (χ4n) is 4.15. The maximum atomic E-state index is 13.3. The van der Waals surface area contributed by atoms with Crippen LogP contribution in [0.1, 0.15) is 40.0 Å². The van der Waals surface area contributed by atoms with Crippen molar-refractivity contribution in [1.29, 1.82) is 0 Å². The van der Waals surface area contributed by atoms with Crippen molar-refractivity contribution in [3.8, 4) is 5.75 Å². The van der Waals surface area contributed by atoms with Crippen LogP contribution in [0.3, 0.4) is 0 Å². The number of hydrogen-bond donors (Lipinski definition) is 1. The molecule has 6 nitrogen and oxygen atoms in total. The number of nitrogens with zero attached hydrogens (tertiary/aromatic N) is 1. The first-order valence-electron chi connectivity index (χ1n) is 11.3. The molecule has 4 rings (SSSR count). The van der Waals surface area contributed by atoms with Crippen LogP contribution in [0.15, 0.2) is 48.5 Å². The third-order valence-electron chi connectivity index (χ3n) is 5.81. The highest BCUT2D eigenvalue weighted by Crippen LogP contribution is 2.37. The van der Waals surface area contributed by atoms with Gasteiger partial charge in [-0.3, -0.25) is 4.79 Å². The van der Waals surface area contributed by atoms with Crippen LogP contribution in [0.5, 0.6) is 5.75 Å². The van der Waals surface area contributed by atoms with Gasteiger partial charge in [0.25, 0.3) is 5.91 Å². The molecule has 1 amide bonds. The van der Waals surface area contributed by atoms with Crippen LogP contribution in [0.4, 0.5) is 0 Å². The summed E-state index contributed by atoms with van der Waals surface area (Å²) in [5.41, 5.74) is 5.79. The quantitative estimate of drug-likeness (QED) is 0.464. The van der Waals surface area contributed by atoms with Crippen molar-refractivity contribution in [3.63, 3.8) is 0 Å². The number of carbonyl (C=O) groups is 1. The van der Waals surface area contributed by atoms with Crippen molar-refractivity contribution >= 4 is 28.5 Å². The van der Waals surface area contributed by atoms with Gasteiger partial charge in [0.2, 0.25) is 0 Å². The number of fused-ring (bicyclic) bond motifs is 2. The Labute approximate surface area is 194 Å². The Bertz CT molecular complexity index is 1140. The van der Waals surface area contributed by atoms with Crippen molar-refractivity contribution in [2.45, 2.75) is 19.3 Å². The monoisotopic (exact) mass is 446 g/mol. The zero-order valence-electron chi connectivity index (χ0n) is 19.2. The number of amides is 1. The van der Waals surface area contributed by atoms with Gasteiger partial charge in [-0.15, -0.1) is 0 Å². The molecule has 172 valence electrons. The zero-order chi connectivity index (χ0) is 23.0.